The summed E-state index contributed by atoms with van der Waals surface area (Å²) in [6.07, 6.45) is 3.36. The fourth-order valence-electron chi connectivity index (χ4n) is 3.03. The van der Waals surface area contributed by atoms with Gasteiger partial charge in [0.1, 0.15) is 17.2 Å². The van der Waals surface area contributed by atoms with Gasteiger partial charge in [0.25, 0.3) is 0 Å². The molecule has 154 valence electrons. The maximum absolute atomic E-state index is 12.6. The molecular formula is C21H20N4O4S. The zero-order chi connectivity index (χ0) is 21.1. The number of ether oxygens (including phenoxy) is 3. The molecule has 0 spiro atoms. The molecule has 0 aliphatic rings. The van der Waals surface area contributed by atoms with E-state index in [4.69, 9.17) is 14.2 Å². The molecule has 0 aliphatic heterocycles. The second-order valence-corrected chi connectivity index (χ2v) is 7.23. The predicted molar refractivity (Wildman–Crippen MR) is 112 cm³/mol. The molecule has 0 atom stereocenters. The fraction of sp³-hybridized carbons (Fsp3) is 0.238. The van der Waals surface area contributed by atoms with Gasteiger partial charge in [-0.25, -0.2) is 19.3 Å². The van der Waals surface area contributed by atoms with Gasteiger partial charge in [0.2, 0.25) is 0 Å². The summed E-state index contributed by atoms with van der Waals surface area (Å²) in [5.41, 5.74) is 2.97. The highest BCUT2D eigenvalue weighted by molar-refractivity contribution is 7.13. The van der Waals surface area contributed by atoms with Crippen LogP contribution in [-0.2, 0) is 11.3 Å². The van der Waals surface area contributed by atoms with Crippen LogP contribution in [0.4, 0.5) is 0 Å². The van der Waals surface area contributed by atoms with Gasteiger partial charge in [-0.3, -0.25) is 0 Å². The monoisotopic (exact) mass is 424 g/mol. The molecule has 30 heavy (non-hydrogen) atoms. The molecule has 3 aromatic heterocycles. The fourth-order valence-corrected chi connectivity index (χ4v) is 3.83. The second-order valence-electron chi connectivity index (χ2n) is 6.37. The van der Waals surface area contributed by atoms with E-state index < -0.39 is 5.97 Å². The smallest absolute Gasteiger partial charge is 0.344 e. The molecule has 8 nitrogen and oxygen atoms in total. The van der Waals surface area contributed by atoms with E-state index in [0.717, 1.165) is 10.6 Å². The minimum absolute atomic E-state index is 0.0626. The number of rotatable bonds is 7. The highest BCUT2D eigenvalue weighted by Gasteiger charge is 2.20. The minimum Gasteiger partial charge on any atom is -0.493 e. The molecule has 3 heterocycles. The first kappa shape index (κ1) is 19.8. The minimum atomic E-state index is -0.474. The van der Waals surface area contributed by atoms with Crippen LogP contribution in [0.3, 0.4) is 0 Å². The third kappa shape index (κ3) is 3.84. The van der Waals surface area contributed by atoms with Gasteiger partial charge < -0.3 is 14.2 Å². The Kier molecular flexibility index (Phi) is 5.62. The van der Waals surface area contributed by atoms with E-state index in [2.05, 4.69) is 15.1 Å². The number of benzene rings is 1. The SMILES string of the molecule is CCOc1ccc(-c2nc(COC(=O)c3c(C)nn4cccnc34)cs2)cc1OC. The number of carbonyl (C=O) groups excluding carboxylic acids is 1. The number of aromatic nitrogens is 4. The molecule has 0 saturated carbocycles. The van der Waals surface area contributed by atoms with Crippen molar-refractivity contribution in [1.82, 2.24) is 19.6 Å². The van der Waals surface area contributed by atoms with Gasteiger partial charge in [-0.05, 0) is 38.1 Å². The summed E-state index contributed by atoms with van der Waals surface area (Å²) in [5.74, 6) is 0.860. The van der Waals surface area contributed by atoms with Gasteiger partial charge in [0.05, 0.1) is 25.1 Å². The van der Waals surface area contributed by atoms with Crippen LogP contribution < -0.4 is 9.47 Å². The van der Waals surface area contributed by atoms with Crippen LogP contribution >= 0.6 is 11.3 Å². The van der Waals surface area contributed by atoms with Gasteiger partial charge >= 0.3 is 5.97 Å². The first-order valence-corrected chi connectivity index (χ1v) is 10.2. The van der Waals surface area contributed by atoms with Crippen LogP contribution in [0.15, 0.2) is 42.0 Å². The Morgan fingerprint density at radius 3 is 2.93 bits per heavy atom. The summed E-state index contributed by atoms with van der Waals surface area (Å²) in [5, 5.41) is 6.96. The van der Waals surface area contributed by atoms with Crippen molar-refractivity contribution in [3.05, 3.63) is 59.0 Å². The molecule has 0 amide bonds. The van der Waals surface area contributed by atoms with Crippen LogP contribution in [0.25, 0.3) is 16.2 Å². The molecule has 1 aromatic carbocycles. The summed E-state index contributed by atoms with van der Waals surface area (Å²) in [7, 11) is 1.60. The number of fused-ring (bicyclic) bond motifs is 1. The topological polar surface area (TPSA) is 87.8 Å². The molecule has 0 radical (unpaired) electrons. The summed E-state index contributed by atoms with van der Waals surface area (Å²) in [6.45, 7) is 4.30. The standard InChI is InChI=1S/C21H20N4O4S/c1-4-28-16-7-6-14(10-17(16)27-3)20-23-15(12-30-20)11-29-21(26)18-13(2)24-25-9-5-8-22-19(18)25/h5-10,12H,4,11H2,1-3H3. The number of esters is 1. The van der Waals surface area contributed by atoms with Crippen molar-refractivity contribution >= 4 is 23.0 Å². The van der Waals surface area contributed by atoms with Crippen LogP contribution in [0.5, 0.6) is 11.5 Å². The van der Waals surface area contributed by atoms with Crippen molar-refractivity contribution in [2.75, 3.05) is 13.7 Å². The first-order valence-electron chi connectivity index (χ1n) is 9.33. The number of thiazole rings is 1. The van der Waals surface area contributed by atoms with Gasteiger partial charge in [-0.1, -0.05) is 0 Å². The molecule has 4 rings (SSSR count). The van der Waals surface area contributed by atoms with Crippen molar-refractivity contribution in [3.63, 3.8) is 0 Å². The van der Waals surface area contributed by atoms with Crippen LogP contribution in [0.2, 0.25) is 0 Å². The summed E-state index contributed by atoms with van der Waals surface area (Å²) >= 11 is 1.47. The summed E-state index contributed by atoms with van der Waals surface area (Å²) < 4.78 is 18.0. The van der Waals surface area contributed by atoms with Crippen molar-refractivity contribution in [3.8, 4) is 22.1 Å². The molecule has 0 saturated heterocycles. The van der Waals surface area contributed by atoms with Crippen molar-refractivity contribution in [2.45, 2.75) is 20.5 Å². The van der Waals surface area contributed by atoms with E-state index in [9.17, 15) is 4.79 Å². The van der Waals surface area contributed by atoms with E-state index >= 15 is 0 Å². The number of hydrogen-bond donors (Lipinski definition) is 0. The van der Waals surface area contributed by atoms with Crippen LogP contribution in [0, 0.1) is 6.92 Å². The summed E-state index contributed by atoms with van der Waals surface area (Å²) in [4.78, 5) is 21.4. The van der Waals surface area contributed by atoms with Gasteiger partial charge in [-0.15, -0.1) is 11.3 Å². The Morgan fingerprint density at radius 2 is 2.13 bits per heavy atom. The van der Waals surface area contributed by atoms with E-state index in [1.165, 1.54) is 11.3 Å². The maximum Gasteiger partial charge on any atom is 0.344 e. The molecule has 0 unspecified atom stereocenters. The molecule has 4 aromatic rings. The lowest BCUT2D eigenvalue weighted by molar-refractivity contribution is 0.0469. The molecule has 0 N–H and O–H groups in total. The highest BCUT2D eigenvalue weighted by atomic mass is 32.1. The zero-order valence-electron chi connectivity index (χ0n) is 16.8. The maximum atomic E-state index is 12.6. The predicted octanol–water partition coefficient (Wildman–Crippen LogP) is 3.93. The molecular weight excluding hydrogens is 404 g/mol. The molecule has 9 heteroatoms. The normalized spacial score (nSPS) is 10.9. The van der Waals surface area contributed by atoms with E-state index in [1.54, 1.807) is 37.0 Å². The number of carbonyl (C=O) groups is 1. The third-order valence-corrected chi connectivity index (χ3v) is 5.33. The lowest BCUT2D eigenvalue weighted by Crippen LogP contribution is -2.07. The Hall–Kier alpha value is -3.46. The highest BCUT2D eigenvalue weighted by Crippen LogP contribution is 2.34. The van der Waals surface area contributed by atoms with Gasteiger partial charge in [-0.2, -0.15) is 5.10 Å². The van der Waals surface area contributed by atoms with Crippen molar-refractivity contribution in [2.24, 2.45) is 0 Å². The summed E-state index contributed by atoms with van der Waals surface area (Å²) in [6, 6.07) is 7.42. The van der Waals surface area contributed by atoms with E-state index in [-0.39, 0.29) is 6.61 Å². The quantitative estimate of drug-likeness (QED) is 0.415. The van der Waals surface area contributed by atoms with E-state index in [0.29, 0.717) is 40.7 Å². The van der Waals surface area contributed by atoms with E-state index in [1.807, 2.05) is 30.5 Å². The average Bonchev–Trinajstić information content (AvgIpc) is 3.36. The van der Waals surface area contributed by atoms with Crippen LogP contribution in [0.1, 0.15) is 28.7 Å². The number of hydrogen-bond acceptors (Lipinski definition) is 8. The largest absolute Gasteiger partial charge is 0.493 e. The Morgan fingerprint density at radius 1 is 1.27 bits per heavy atom. The lowest BCUT2D eigenvalue weighted by atomic mass is 10.2. The average molecular weight is 424 g/mol. The number of aryl methyl sites for hydroxylation is 1. The lowest BCUT2D eigenvalue weighted by Gasteiger charge is -2.09. The number of nitrogens with zero attached hydrogens (tertiary/aromatic N) is 4. The molecule has 0 fully saturated rings. The molecule has 0 bridgehead atoms. The third-order valence-electron chi connectivity index (χ3n) is 4.39. The first-order chi connectivity index (χ1) is 14.6. The van der Waals surface area contributed by atoms with Gasteiger partial charge in [0.15, 0.2) is 17.1 Å². The Labute approximate surface area is 177 Å². The Bertz CT molecular complexity index is 1200. The van der Waals surface area contributed by atoms with Gasteiger partial charge in [0, 0.05) is 23.3 Å². The Balaban J connectivity index is 1.48. The van der Waals surface area contributed by atoms with Crippen molar-refractivity contribution in [1.29, 1.82) is 0 Å². The van der Waals surface area contributed by atoms with Crippen LogP contribution in [-0.4, -0.2) is 39.3 Å². The second kappa shape index (κ2) is 8.50. The molecule has 0 aliphatic carbocycles. The van der Waals surface area contributed by atoms with Crippen molar-refractivity contribution < 1.29 is 19.0 Å². The zero-order valence-corrected chi connectivity index (χ0v) is 17.6. The number of methoxy groups -OCH3 is 1.